The van der Waals surface area contributed by atoms with E-state index >= 15 is 0 Å². The maximum Gasteiger partial charge on any atom is 0.308 e. The van der Waals surface area contributed by atoms with Gasteiger partial charge in [-0.2, -0.15) is 0 Å². The molecule has 0 spiro atoms. The lowest BCUT2D eigenvalue weighted by Gasteiger charge is -2.38. The number of nitrogens with one attached hydrogen (secondary N) is 2. The highest BCUT2D eigenvalue weighted by molar-refractivity contribution is 5.83. The summed E-state index contributed by atoms with van der Waals surface area (Å²) in [5.74, 6) is -1.53. The van der Waals surface area contributed by atoms with Gasteiger partial charge in [0, 0.05) is 6.54 Å². The second-order valence-electron chi connectivity index (χ2n) is 5.46. The molecule has 3 N–H and O–H groups in total. The molecule has 17 heavy (non-hydrogen) atoms. The van der Waals surface area contributed by atoms with Gasteiger partial charge in [0.25, 0.3) is 0 Å². The Morgan fingerprint density at radius 1 is 1.53 bits per heavy atom. The van der Waals surface area contributed by atoms with Gasteiger partial charge in [0.05, 0.1) is 12.0 Å². The monoisotopic (exact) mass is 242 g/mol. The number of piperidine rings is 1. The van der Waals surface area contributed by atoms with E-state index in [1.807, 2.05) is 0 Å². The molecule has 0 saturated carbocycles. The van der Waals surface area contributed by atoms with Gasteiger partial charge in [-0.25, -0.2) is 0 Å². The summed E-state index contributed by atoms with van der Waals surface area (Å²) in [4.78, 5) is 22.6. The van der Waals surface area contributed by atoms with Crippen LogP contribution in [0.5, 0.6) is 0 Å². The zero-order valence-corrected chi connectivity index (χ0v) is 10.7. The summed E-state index contributed by atoms with van der Waals surface area (Å²) >= 11 is 0. The first kappa shape index (κ1) is 14.0. The Morgan fingerprint density at radius 3 is 2.71 bits per heavy atom. The van der Waals surface area contributed by atoms with Gasteiger partial charge in [-0.05, 0) is 24.8 Å². The van der Waals surface area contributed by atoms with Gasteiger partial charge in [0.1, 0.15) is 0 Å². The Balaban J connectivity index is 2.49. The Bertz CT molecular complexity index is 302. The third-order valence-electron chi connectivity index (χ3n) is 3.39. The van der Waals surface area contributed by atoms with Crippen LogP contribution >= 0.6 is 0 Å². The van der Waals surface area contributed by atoms with Crippen molar-refractivity contribution in [3.63, 3.8) is 0 Å². The van der Waals surface area contributed by atoms with Crippen molar-refractivity contribution >= 4 is 11.9 Å². The SMILES string of the molecule is CC(CNC(=O)C1NCCCC1(C)C)C(=O)O. The number of carbonyl (C=O) groups is 2. The normalized spacial score (nSPS) is 25.0. The van der Waals surface area contributed by atoms with Crippen LogP contribution in [0.2, 0.25) is 0 Å². The molecule has 1 saturated heterocycles. The van der Waals surface area contributed by atoms with E-state index in [9.17, 15) is 9.59 Å². The number of hydrogen-bond donors (Lipinski definition) is 3. The first-order valence-electron chi connectivity index (χ1n) is 6.08. The fourth-order valence-corrected chi connectivity index (χ4v) is 2.10. The largest absolute Gasteiger partial charge is 0.481 e. The molecule has 0 aliphatic carbocycles. The highest BCUT2D eigenvalue weighted by Gasteiger charge is 2.37. The first-order chi connectivity index (χ1) is 7.84. The third-order valence-corrected chi connectivity index (χ3v) is 3.39. The second-order valence-corrected chi connectivity index (χ2v) is 5.46. The van der Waals surface area contributed by atoms with Gasteiger partial charge in [-0.3, -0.25) is 9.59 Å². The molecule has 2 atom stereocenters. The summed E-state index contributed by atoms with van der Waals surface area (Å²) < 4.78 is 0. The van der Waals surface area contributed by atoms with Crippen LogP contribution in [0.3, 0.4) is 0 Å². The van der Waals surface area contributed by atoms with Crippen molar-refractivity contribution in [3.05, 3.63) is 0 Å². The minimum atomic E-state index is -0.888. The molecule has 0 aromatic rings. The van der Waals surface area contributed by atoms with Crippen LogP contribution in [0, 0.1) is 11.3 Å². The van der Waals surface area contributed by atoms with Crippen LogP contribution in [0.1, 0.15) is 33.6 Å². The average Bonchev–Trinajstić information content (AvgIpc) is 2.24. The van der Waals surface area contributed by atoms with Gasteiger partial charge < -0.3 is 15.7 Å². The standard InChI is InChI=1S/C12H22N2O3/c1-8(11(16)17)7-14-10(15)9-12(2,3)5-4-6-13-9/h8-9,13H,4-7H2,1-3H3,(H,14,15)(H,16,17). The van der Waals surface area contributed by atoms with Crippen LogP contribution in [0.4, 0.5) is 0 Å². The molecule has 2 unspecified atom stereocenters. The van der Waals surface area contributed by atoms with Crippen LogP contribution in [-0.2, 0) is 9.59 Å². The molecule has 1 rings (SSSR count). The summed E-state index contributed by atoms with van der Waals surface area (Å²) in [5, 5.41) is 14.7. The maximum absolute atomic E-state index is 12.0. The lowest BCUT2D eigenvalue weighted by atomic mass is 9.77. The van der Waals surface area contributed by atoms with Gasteiger partial charge in [-0.15, -0.1) is 0 Å². The number of hydrogen-bond acceptors (Lipinski definition) is 3. The van der Waals surface area contributed by atoms with E-state index in [-0.39, 0.29) is 23.9 Å². The van der Waals surface area contributed by atoms with Crippen LogP contribution in [0.25, 0.3) is 0 Å². The molecule has 0 aromatic heterocycles. The smallest absolute Gasteiger partial charge is 0.308 e. The van der Waals surface area contributed by atoms with Crippen molar-refractivity contribution in [2.24, 2.45) is 11.3 Å². The molecule has 0 aromatic carbocycles. The molecule has 1 amide bonds. The van der Waals surface area contributed by atoms with Crippen LogP contribution in [-0.4, -0.2) is 36.1 Å². The predicted octanol–water partition coefficient (Wildman–Crippen LogP) is 0.601. The fraction of sp³-hybridized carbons (Fsp3) is 0.833. The van der Waals surface area contributed by atoms with Crippen LogP contribution < -0.4 is 10.6 Å². The molecule has 0 radical (unpaired) electrons. The van der Waals surface area contributed by atoms with Crippen molar-refractivity contribution in [1.82, 2.24) is 10.6 Å². The van der Waals surface area contributed by atoms with Crippen molar-refractivity contribution < 1.29 is 14.7 Å². The van der Waals surface area contributed by atoms with Crippen molar-refractivity contribution in [2.45, 2.75) is 39.7 Å². The zero-order valence-electron chi connectivity index (χ0n) is 10.7. The first-order valence-corrected chi connectivity index (χ1v) is 6.08. The zero-order chi connectivity index (χ0) is 13.1. The number of aliphatic carboxylic acids is 1. The van der Waals surface area contributed by atoms with E-state index in [0.717, 1.165) is 19.4 Å². The minimum Gasteiger partial charge on any atom is -0.481 e. The lowest BCUT2D eigenvalue weighted by Crippen LogP contribution is -2.56. The number of carboxylic acid groups (broad SMARTS) is 1. The molecule has 5 nitrogen and oxygen atoms in total. The van der Waals surface area contributed by atoms with E-state index in [1.165, 1.54) is 0 Å². The topological polar surface area (TPSA) is 78.4 Å². The summed E-state index contributed by atoms with van der Waals surface area (Å²) in [5.41, 5.74) is -0.0746. The summed E-state index contributed by atoms with van der Waals surface area (Å²) in [6.07, 6.45) is 2.08. The molecule has 1 aliphatic rings. The Labute approximate surface area is 102 Å². The fourth-order valence-electron chi connectivity index (χ4n) is 2.10. The molecule has 0 bridgehead atoms. The minimum absolute atomic E-state index is 0.0746. The Kier molecular flexibility index (Phi) is 4.51. The van der Waals surface area contributed by atoms with E-state index in [0.29, 0.717) is 0 Å². The molecule has 5 heteroatoms. The molecule has 98 valence electrons. The van der Waals surface area contributed by atoms with E-state index < -0.39 is 11.9 Å². The van der Waals surface area contributed by atoms with Crippen LogP contribution in [0.15, 0.2) is 0 Å². The number of rotatable bonds is 4. The van der Waals surface area contributed by atoms with E-state index in [4.69, 9.17) is 5.11 Å². The van der Waals surface area contributed by atoms with Crippen molar-refractivity contribution in [3.8, 4) is 0 Å². The number of carboxylic acids is 1. The lowest BCUT2D eigenvalue weighted by molar-refractivity contribution is -0.141. The summed E-state index contributed by atoms with van der Waals surface area (Å²) in [7, 11) is 0. The average molecular weight is 242 g/mol. The van der Waals surface area contributed by atoms with Crippen molar-refractivity contribution in [2.75, 3.05) is 13.1 Å². The summed E-state index contributed by atoms with van der Waals surface area (Å²) in [6, 6.07) is -0.225. The highest BCUT2D eigenvalue weighted by Crippen LogP contribution is 2.30. The Morgan fingerprint density at radius 2 is 2.18 bits per heavy atom. The Hall–Kier alpha value is -1.10. The summed E-state index contributed by atoms with van der Waals surface area (Å²) in [6.45, 7) is 6.73. The molecular weight excluding hydrogens is 220 g/mol. The molecule has 1 fully saturated rings. The third kappa shape index (κ3) is 3.70. The van der Waals surface area contributed by atoms with Gasteiger partial charge in [-0.1, -0.05) is 20.8 Å². The maximum atomic E-state index is 12.0. The van der Waals surface area contributed by atoms with Crippen molar-refractivity contribution in [1.29, 1.82) is 0 Å². The van der Waals surface area contributed by atoms with Gasteiger partial charge in [0.15, 0.2) is 0 Å². The number of carbonyl (C=O) groups excluding carboxylic acids is 1. The highest BCUT2D eigenvalue weighted by atomic mass is 16.4. The molecule has 1 heterocycles. The second kappa shape index (κ2) is 5.49. The predicted molar refractivity (Wildman–Crippen MR) is 64.6 cm³/mol. The van der Waals surface area contributed by atoms with Gasteiger partial charge >= 0.3 is 5.97 Å². The quantitative estimate of drug-likeness (QED) is 0.674. The van der Waals surface area contributed by atoms with Gasteiger partial charge in [0.2, 0.25) is 5.91 Å². The molecular formula is C12H22N2O3. The molecule has 1 aliphatic heterocycles. The van der Waals surface area contributed by atoms with E-state index in [1.54, 1.807) is 6.92 Å². The number of amides is 1. The van der Waals surface area contributed by atoms with E-state index in [2.05, 4.69) is 24.5 Å².